The first-order chi connectivity index (χ1) is 13.5. The van der Waals surface area contributed by atoms with Gasteiger partial charge in [0.25, 0.3) is 5.56 Å². The van der Waals surface area contributed by atoms with Crippen molar-refractivity contribution in [3.63, 3.8) is 0 Å². The number of nitrogens with zero attached hydrogens (tertiary/aromatic N) is 4. The highest BCUT2D eigenvalue weighted by Gasteiger charge is 2.19. The fraction of sp³-hybridized carbons (Fsp3) is 0.136. The van der Waals surface area contributed by atoms with Crippen molar-refractivity contribution >= 4 is 33.9 Å². The Kier molecular flexibility index (Phi) is 3.49. The number of benzene rings is 2. The standard InChI is InChI=1S/C22H19N5O/c1-13(2)12-19-24-15-8-4-6-10-17(15)26(19)20-14(3)23-22-25-16-9-5-7-11-18(16)27(22)21(20)28/h4-12H,1-3H3,(H,23,25). The Balaban J connectivity index is 1.96. The SMILES string of the molecule is CC(C)=Cc1nc2ccccc2n1-c1c(C)[nH]c2nc3ccccc3n2c1=O. The van der Waals surface area contributed by atoms with Crippen LogP contribution in [0.15, 0.2) is 58.9 Å². The monoisotopic (exact) mass is 369 g/mol. The van der Waals surface area contributed by atoms with E-state index in [2.05, 4.69) is 9.97 Å². The number of hydrogen-bond acceptors (Lipinski definition) is 3. The summed E-state index contributed by atoms with van der Waals surface area (Å²) in [4.78, 5) is 26.3. The van der Waals surface area contributed by atoms with Gasteiger partial charge in [-0.25, -0.2) is 14.4 Å². The zero-order valence-corrected chi connectivity index (χ0v) is 15.9. The second-order valence-electron chi connectivity index (χ2n) is 7.18. The van der Waals surface area contributed by atoms with Gasteiger partial charge in [-0.3, -0.25) is 9.36 Å². The number of aryl methyl sites for hydroxylation is 1. The minimum absolute atomic E-state index is 0.119. The Hall–Kier alpha value is -3.67. The lowest BCUT2D eigenvalue weighted by molar-refractivity contribution is 0.946. The van der Waals surface area contributed by atoms with Gasteiger partial charge in [0.1, 0.15) is 11.5 Å². The fourth-order valence-electron chi connectivity index (χ4n) is 3.71. The Morgan fingerprint density at radius 2 is 1.61 bits per heavy atom. The lowest BCUT2D eigenvalue weighted by Crippen LogP contribution is -2.22. The van der Waals surface area contributed by atoms with Crippen LogP contribution in [0.25, 0.3) is 39.6 Å². The van der Waals surface area contributed by atoms with Gasteiger partial charge < -0.3 is 4.98 Å². The predicted molar refractivity (Wildman–Crippen MR) is 112 cm³/mol. The molecule has 0 bridgehead atoms. The summed E-state index contributed by atoms with van der Waals surface area (Å²) < 4.78 is 3.57. The first-order valence-electron chi connectivity index (χ1n) is 9.17. The molecule has 0 saturated carbocycles. The number of para-hydroxylation sites is 4. The molecule has 138 valence electrons. The number of nitrogens with one attached hydrogen (secondary N) is 1. The van der Waals surface area contributed by atoms with Gasteiger partial charge >= 0.3 is 0 Å². The Morgan fingerprint density at radius 3 is 2.32 bits per heavy atom. The summed E-state index contributed by atoms with van der Waals surface area (Å²) in [6, 6.07) is 15.5. The molecule has 0 spiro atoms. The zero-order valence-electron chi connectivity index (χ0n) is 15.9. The number of aromatic nitrogens is 5. The summed E-state index contributed by atoms with van der Waals surface area (Å²) in [5.41, 5.74) is 5.61. The van der Waals surface area contributed by atoms with E-state index in [4.69, 9.17) is 4.98 Å². The van der Waals surface area contributed by atoms with Crippen molar-refractivity contribution in [1.29, 1.82) is 0 Å². The first-order valence-corrected chi connectivity index (χ1v) is 9.17. The number of rotatable bonds is 2. The van der Waals surface area contributed by atoms with Crippen molar-refractivity contribution in [1.82, 2.24) is 23.9 Å². The topological polar surface area (TPSA) is 68.0 Å². The third kappa shape index (κ3) is 2.31. The van der Waals surface area contributed by atoms with Gasteiger partial charge in [-0.2, -0.15) is 0 Å². The van der Waals surface area contributed by atoms with Crippen LogP contribution < -0.4 is 5.56 Å². The Labute approximate surface area is 160 Å². The fourth-order valence-corrected chi connectivity index (χ4v) is 3.71. The predicted octanol–water partition coefficient (Wildman–Crippen LogP) is 4.25. The first kappa shape index (κ1) is 16.5. The molecule has 0 radical (unpaired) electrons. The molecule has 1 N–H and O–H groups in total. The average molecular weight is 369 g/mol. The van der Waals surface area contributed by atoms with Gasteiger partial charge in [0, 0.05) is 5.69 Å². The minimum atomic E-state index is -0.119. The second-order valence-corrected chi connectivity index (χ2v) is 7.18. The second kappa shape index (κ2) is 5.92. The molecule has 3 aromatic heterocycles. The summed E-state index contributed by atoms with van der Waals surface area (Å²) in [6.45, 7) is 5.94. The van der Waals surface area contributed by atoms with E-state index in [1.165, 1.54) is 0 Å². The normalized spacial score (nSPS) is 11.5. The van der Waals surface area contributed by atoms with Crippen molar-refractivity contribution in [3.05, 3.63) is 76.0 Å². The third-order valence-corrected chi connectivity index (χ3v) is 4.85. The smallest absolute Gasteiger partial charge is 0.284 e. The van der Waals surface area contributed by atoms with E-state index in [-0.39, 0.29) is 5.56 Å². The molecule has 6 nitrogen and oxygen atoms in total. The molecule has 2 aromatic carbocycles. The van der Waals surface area contributed by atoms with E-state index in [9.17, 15) is 4.79 Å². The number of allylic oxidation sites excluding steroid dienone is 1. The molecule has 5 rings (SSSR count). The maximum absolute atomic E-state index is 13.6. The zero-order chi connectivity index (χ0) is 19.4. The van der Waals surface area contributed by atoms with Crippen molar-refractivity contribution in [2.75, 3.05) is 0 Å². The molecule has 0 aliphatic carbocycles. The molecule has 0 aliphatic rings. The quantitative estimate of drug-likeness (QED) is 0.506. The van der Waals surface area contributed by atoms with Crippen LogP contribution in [0.3, 0.4) is 0 Å². The molecule has 0 atom stereocenters. The van der Waals surface area contributed by atoms with Crippen LogP contribution in [-0.4, -0.2) is 23.9 Å². The van der Waals surface area contributed by atoms with Crippen molar-refractivity contribution in [2.24, 2.45) is 0 Å². The molecule has 28 heavy (non-hydrogen) atoms. The lowest BCUT2D eigenvalue weighted by atomic mass is 10.2. The van der Waals surface area contributed by atoms with Crippen LogP contribution in [0.4, 0.5) is 0 Å². The summed E-state index contributed by atoms with van der Waals surface area (Å²) >= 11 is 0. The van der Waals surface area contributed by atoms with E-state index in [0.717, 1.165) is 39.2 Å². The summed E-state index contributed by atoms with van der Waals surface area (Å²) in [5.74, 6) is 1.28. The van der Waals surface area contributed by atoms with Crippen molar-refractivity contribution < 1.29 is 0 Å². The van der Waals surface area contributed by atoms with Crippen LogP contribution in [-0.2, 0) is 0 Å². The molecular formula is C22H19N5O. The van der Waals surface area contributed by atoms with E-state index in [0.29, 0.717) is 11.5 Å². The average Bonchev–Trinajstić information content (AvgIpc) is 3.19. The van der Waals surface area contributed by atoms with Gasteiger partial charge in [0.15, 0.2) is 0 Å². The van der Waals surface area contributed by atoms with Crippen LogP contribution >= 0.6 is 0 Å². The van der Waals surface area contributed by atoms with Crippen molar-refractivity contribution in [2.45, 2.75) is 20.8 Å². The maximum Gasteiger partial charge on any atom is 0.284 e. The van der Waals surface area contributed by atoms with Gasteiger partial charge in [-0.1, -0.05) is 29.8 Å². The number of imidazole rings is 2. The summed E-state index contributed by atoms with van der Waals surface area (Å²) in [7, 11) is 0. The van der Waals surface area contributed by atoms with Crippen molar-refractivity contribution in [3.8, 4) is 5.69 Å². The van der Waals surface area contributed by atoms with Gasteiger partial charge in [0.2, 0.25) is 5.78 Å². The molecule has 3 heterocycles. The van der Waals surface area contributed by atoms with Crippen LogP contribution in [0.5, 0.6) is 0 Å². The van der Waals surface area contributed by atoms with Crippen LogP contribution in [0, 0.1) is 6.92 Å². The number of aromatic amines is 1. The highest BCUT2D eigenvalue weighted by atomic mass is 16.1. The molecule has 0 aliphatic heterocycles. The van der Waals surface area contributed by atoms with Gasteiger partial charge in [0.05, 0.1) is 22.1 Å². The highest BCUT2D eigenvalue weighted by Crippen LogP contribution is 2.24. The Bertz CT molecular complexity index is 1460. The summed E-state index contributed by atoms with van der Waals surface area (Å²) in [6.07, 6.45) is 2.00. The molecular weight excluding hydrogens is 350 g/mol. The van der Waals surface area contributed by atoms with Gasteiger partial charge in [-0.05, 0) is 51.1 Å². The highest BCUT2D eigenvalue weighted by molar-refractivity contribution is 5.82. The third-order valence-electron chi connectivity index (χ3n) is 4.85. The number of fused-ring (bicyclic) bond motifs is 4. The van der Waals surface area contributed by atoms with E-state index in [1.807, 2.05) is 79.9 Å². The Morgan fingerprint density at radius 1 is 0.964 bits per heavy atom. The number of H-pyrrole nitrogens is 1. The van der Waals surface area contributed by atoms with Crippen LogP contribution in [0.1, 0.15) is 25.4 Å². The molecule has 0 amide bonds. The maximum atomic E-state index is 13.6. The molecule has 0 fully saturated rings. The van der Waals surface area contributed by atoms with Crippen LogP contribution in [0.2, 0.25) is 0 Å². The molecule has 0 unspecified atom stereocenters. The summed E-state index contributed by atoms with van der Waals surface area (Å²) in [5, 5.41) is 0. The number of hydrogen-bond donors (Lipinski definition) is 1. The van der Waals surface area contributed by atoms with E-state index < -0.39 is 0 Å². The van der Waals surface area contributed by atoms with Gasteiger partial charge in [-0.15, -0.1) is 0 Å². The molecule has 6 heteroatoms. The minimum Gasteiger partial charge on any atom is -0.327 e. The van der Waals surface area contributed by atoms with E-state index in [1.54, 1.807) is 4.40 Å². The molecule has 5 aromatic rings. The molecule has 0 saturated heterocycles. The largest absolute Gasteiger partial charge is 0.327 e. The lowest BCUT2D eigenvalue weighted by Gasteiger charge is -2.11. The van der Waals surface area contributed by atoms with E-state index >= 15 is 0 Å².